The standard InChI is InChI=1S/C16H17FN4OS/c1-9(2)20-14-8-13(10(17)7-15(14)23-16(20)22)21-18-11-5-3-4-6-12(11)19-21/h7-9H,3-6H2,1-2H3. The predicted octanol–water partition coefficient (Wildman–Crippen LogP) is 3.24. The highest BCUT2D eigenvalue weighted by molar-refractivity contribution is 7.16. The molecular formula is C16H17FN4OS. The van der Waals surface area contributed by atoms with Gasteiger partial charge in [0, 0.05) is 6.04 Å². The molecule has 0 amide bonds. The lowest BCUT2D eigenvalue weighted by molar-refractivity contribution is 0.591. The van der Waals surface area contributed by atoms with Crippen molar-refractivity contribution in [1.29, 1.82) is 0 Å². The number of nitrogens with zero attached hydrogens (tertiary/aromatic N) is 4. The van der Waals surface area contributed by atoms with Gasteiger partial charge in [-0.2, -0.15) is 10.2 Å². The zero-order valence-electron chi connectivity index (χ0n) is 13.0. The Balaban J connectivity index is 1.93. The molecule has 0 saturated heterocycles. The first-order chi connectivity index (χ1) is 11.0. The Labute approximate surface area is 136 Å². The maximum Gasteiger partial charge on any atom is 0.308 e. The number of benzene rings is 1. The van der Waals surface area contributed by atoms with Crippen molar-refractivity contribution in [2.75, 3.05) is 0 Å². The van der Waals surface area contributed by atoms with Gasteiger partial charge in [0.15, 0.2) is 5.82 Å². The van der Waals surface area contributed by atoms with E-state index in [9.17, 15) is 9.18 Å². The molecule has 0 aliphatic heterocycles. The third-order valence-corrected chi connectivity index (χ3v) is 5.17. The minimum absolute atomic E-state index is 0.0216. The number of hydrogen-bond acceptors (Lipinski definition) is 4. The number of halogens is 1. The molecule has 2 aromatic heterocycles. The van der Waals surface area contributed by atoms with Gasteiger partial charge in [0.1, 0.15) is 5.69 Å². The first kappa shape index (κ1) is 14.6. The minimum Gasteiger partial charge on any atom is -0.296 e. The van der Waals surface area contributed by atoms with Gasteiger partial charge in [0.25, 0.3) is 0 Å². The fraction of sp³-hybridized carbons (Fsp3) is 0.438. The summed E-state index contributed by atoms with van der Waals surface area (Å²) in [7, 11) is 0. The van der Waals surface area contributed by atoms with E-state index in [4.69, 9.17) is 0 Å². The van der Waals surface area contributed by atoms with Crippen LogP contribution in [0.1, 0.15) is 44.1 Å². The fourth-order valence-corrected chi connectivity index (χ4v) is 4.15. The summed E-state index contributed by atoms with van der Waals surface area (Å²) in [6, 6.07) is 3.12. The summed E-state index contributed by atoms with van der Waals surface area (Å²) in [4.78, 5) is 13.4. The molecule has 5 nitrogen and oxygen atoms in total. The van der Waals surface area contributed by atoms with Crippen molar-refractivity contribution in [2.45, 2.75) is 45.6 Å². The van der Waals surface area contributed by atoms with E-state index in [-0.39, 0.29) is 10.9 Å². The monoisotopic (exact) mass is 332 g/mol. The molecule has 2 heterocycles. The van der Waals surface area contributed by atoms with Crippen LogP contribution < -0.4 is 4.87 Å². The Morgan fingerprint density at radius 2 is 1.83 bits per heavy atom. The molecule has 0 atom stereocenters. The van der Waals surface area contributed by atoms with Gasteiger partial charge < -0.3 is 0 Å². The molecule has 0 N–H and O–H groups in total. The highest BCUT2D eigenvalue weighted by atomic mass is 32.1. The van der Waals surface area contributed by atoms with Gasteiger partial charge in [-0.25, -0.2) is 4.39 Å². The topological polar surface area (TPSA) is 52.7 Å². The van der Waals surface area contributed by atoms with Crippen LogP contribution in [0.4, 0.5) is 4.39 Å². The van der Waals surface area contributed by atoms with Crippen molar-refractivity contribution < 1.29 is 4.39 Å². The quantitative estimate of drug-likeness (QED) is 0.724. The molecule has 1 aromatic carbocycles. The summed E-state index contributed by atoms with van der Waals surface area (Å²) >= 11 is 1.07. The number of hydrogen-bond donors (Lipinski definition) is 0. The molecule has 0 spiro atoms. The summed E-state index contributed by atoms with van der Waals surface area (Å²) in [5, 5.41) is 8.90. The van der Waals surface area contributed by atoms with Gasteiger partial charge in [-0.3, -0.25) is 9.36 Å². The van der Waals surface area contributed by atoms with Crippen LogP contribution in [0.15, 0.2) is 16.9 Å². The van der Waals surface area contributed by atoms with E-state index in [1.54, 1.807) is 10.6 Å². The maximum absolute atomic E-state index is 14.5. The Kier molecular flexibility index (Phi) is 3.33. The van der Waals surface area contributed by atoms with E-state index in [1.807, 2.05) is 13.8 Å². The molecule has 120 valence electrons. The van der Waals surface area contributed by atoms with Crippen molar-refractivity contribution in [3.63, 3.8) is 0 Å². The predicted molar refractivity (Wildman–Crippen MR) is 88.0 cm³/mol. The van der Waals surface area contributed by atoms with Crippen molar-refractivity contribution in [2.24, 2.45) is 0 Å². The van der Waals surface area contributed by atoms with Gasteiger partial charge in [-0.05, 0) is 51.7 Å². The van der Waals surface area contributed by atoms with Crippen molar-refractivity contribution >= 4 is 21.6 Å². The van der Waals surface area contributed by atoms with E-state index >= 15 is 0 Å². The number of aryl methyl sites for hydroxylation is 2. The van der Waals surface area contributed by atoms with Crippen LogP contribution in [0.25, 0.3) is 15.9 Å². The molecule has 0 fully saturated rings. The van der Waals surface area contributed by atoms with Gasteiger partial charge in [-0.1, -0.05) is 11.3 Å². The van der Waals surface area contributed by atoms with Crippen molar-refractivity contribution in [3.05, 3.63) is 39.0 Å². The highest BCUT2D eigenvalue weighted by Crippen LogP contribution is 2.26. The largest absolute Gasteiger partial charge is 0.308 e. The first-order valence-corrected chi connectivity index (χ1v) is 8.66. The van der Waals surface area contributed by atoms with Gasteiger partial charge in [0.05, 0.1) is 21.6 Å². The normalized spacial score (nSPS) is 14.6. The molecule has 1 aliphatic rings. The summed E-state index contributed by atoms with van der Waals surface area (Å²) in [5.41, 5.74) is 2.96. The lowest BCUT2D eigenvalue weighted by atomic mass is 10.0. The molecule has 7 heteroatoms. The number of thiazole rings is 1. The summed E-state index contributed by atoms with van der Waals surface area (Å²) < 4.78 is 16.8. The average molecular weight is 332 g/mol. The second kappa shape index (κ2) is 5.26. The molecule has 0 unspecified atom stereocenters. The first-order valence-electron chi connectivity index (χ1n) is 7.84. The molecule has 23 heavy (non-hydrogen) atoms. The van der Waals surface area contributed by atoms with Crippen LogP contribution >= 0.6 is 11.3 Å². The molecule has 3 aromatic rings. The zero-order valence-corrected chi connectivity index (χ0v) is 13.9. The van der Waals surface area contributed by atoms with Gasteiger partial charge in [0.2, 0.25) is 0 Å². The lowest BCUT2D eigenvalue weighted by Crippen LogP contribution is -2.15. The Bertz CT molecular complexity index is 930. The number of rotatable bonds is 2. The zero-order chi connectivity index (χ0) is 16.1. The van der Waals surface area contributed by atoms with E-state index in [2.05, 4.69) is 10.2 Å². The molecule has 0 radical (unpaired) electrons. The van der Waals surface area contributed by atoms with Crippen LogP contribution in [-0.2, 0) is 12.8 Å². The van der Waals surface area contributed by atoms with Crippen molar-refractivity contribution in [3.8, 4) is 5.69 Å². The highest BCUT2D eigenvalue weighted by Gasteiger charge is 2.20. The average Bonchev–Trinajstić information content (AvgIpc) is 3.05. The molecule has 0 bridgehead atoms. The van der Waals surface area contributed by atoms with Gasteiger partial charge >= 0.3 is 4.87 Å². The second-order valence-electron chi connectivity index (χ2n) is 6.19. The van der Waals surface area contributed by atoms with Crippen LogP contribution in [0, 0.1) is 5.82 Å². The lowest BCUT2D eigenvalue weighted by Gasteiger charge is -2.08. The van der Waals surface area contributed by atoms with E-state index in [0.717, 1.165) is 53.9 Å². The van der Waals surface area contributed by atoms with E-state index in [1.165, 1.54) is 10.9 Å². The van der Waals surface area contributed by atoms with E-state index in [0.29, 0.717) is 10.4 Å². The number of aromatic nitrogens is 4. The van der Waals surface area contributed by atoms with Crippen molar-refractivity contribution in [1.82, 2.24) is 19.6 Å². The number of fused-ring (bicyclic) bond motifs is 2. The smallest absolute Gasteiger partial charge is 0.296 e. The maximum atomic E-state index is 14.5. The van der Waals surface area contributed by atoms with Gasteiger partial charge in [-0.15, -0.1) is 4.80 Å². The fourth-order valence-electron chi connectivity index (χ4n) is 3.13. The Morgan fingerprint density at radius 3 is 2.43 bits per heavy atom. The Morgan fingerprint density at radius 1 is 1.17 bits per heavy atom. The summed E-state index contributed by atoms with van der Waals surface area (Å²) in [5.74, 6) is -0.401. The van der Waals surface area contributed by atoms with Crippen LogP contribution in [0.5, 0.6) is 0 Å². The third-order valence-electron chi connectivity index (χ3n) is 4.25. The second-order valence-corrected chi connectivity index (χ2v) is 7.19. The minimum atomic E-state index is -0.401. The summed E-state index contributed by atoms with van der Waals surface area (Å²) in [6.07, 6.45) is 4.00. The summed E-state index contributed by atoms with van der Waals surface area (Å²) in [6.45, 7) is 3.89. The molecular weight excluding hydrogens is 315 g/mol. The molecule has 1 aliphatic carbocycles. The van der Waals surface area contributed by atoms with Crippen LogP contribution in [0.2, 0.25) is 0 Å². The van der Waals surface area contributed by atoms with Crippen LogP contribution in [-0.4, -0.2) is 19.6 Å². The van der Waals surface area contributed by atoms with E-state index < -0.39 is 5.82 Å². The molecule has 0 saturated carbocycles. The Hall–Kier alpha value is -2.02. The third kappa shape index (κ3) is 2.30. The van der Waals surface area contributed by atoms with Crippen LogP contribution in [0.3, 0.4) is 0 Å². The molecule has 4 rings (SSSR count). The SMILES string of the molecule is CC(C)n1c(=O)sc2cc(F)c(-n3nc4c(n3)CCCC4)cc21.